The number of aromatic nitrogens is 2. The molecule has 7 heteroatoms. The van der Waals surface area contributed by atoms with Gasteiger partial charge in [-0.25, -0.2) is 0 Å². The van der Waals surface area contributed by atoms with Crippen molar-refractivity contribution in [2.24, 2.45) is 0 Å². The van der Waals surface area contributed by atoms with Gasteiger partial charge in [-0.05, 0) is 64.4 Å². The van der Waals surface area contributed by atoms with Crippen LogP contribution in [0.2, 0.25) is 0 Å². The number of nitrogens with zero attached hydrogens (tertiary/aromatic N) is 2. The second kappa shape index (κ2) is 7.68. The lowest BCUT2D eigenvalue weighted by atomic mass is 9.87. The van der Waals surface area contributed by atoms with Gasteiger partial charge in [-0.2, -0.15) is 5.10 Å². The Morgan fingerprint density at radius 2 is 2.12 bits per heavy atom. The number of thiophene rings is 1. The molecule has 0 aliphatic carbocycles. The molecule has 1 atom stereocenters. The number of nitrogens with one attached hydrogen (secondary N) is 2. The van der Waals surface area contributed by atoms with Crippen molar-refractivity contribution in [3.8, 4) is 0 Å². The monoisotopic (exact) mass is 368 g/mol. The van der Waals surface area contributed by atoms with Crippen molar-refractivity contribution in [2.75, 3.05) is 13.1 Å². The van der Waals surface area contributed by atoms with Crippen LogP contribution in [0.25, 0.3) is 0 Å². The third kappa shape index (κ3) is 3.50. The number of carbonyl (C=O) groups excluding carboxylic acids is 1. The minimum atomic E-state index is -0.581. The van der Waals surface area contributed by atoms with E-state index < -0.39 is 5.54 Å². The average Bonchev–Trinajstić information content (AvgIpc) is 3.17. The number of carbonyl (C=O) groups is 1. The molecule has 0 bridgehead atoms. The molecule has 1 unspecified atom stereocenters. The minimum absolute atomic E-state index is 0. The molecule has 1 saturated heterocycles. The molecule has 3 rings (SSSR count). The Balaban J connectivity index is 0.00000208. The summed E-state index contributed by atoms with van der Waals surface area (Å²) in [5, 5.41) is 10.9. The van der Waals surface area contributed by atoms with Crippen molar-refractivity contribution in [2.45, 2.75) is 45.2 Å². The van der Waals surface area contributed by atoms with Crippen molar-refractivity contribution in [3.05, 3.63) is 39.8 Å². The molecule has 1 amide bonds. The molecule has 2 N–H and O–H groups in total. The zero-order valence-corrected chi connectivity index (χ0v) is 16.0. The summed E-state index contributed by atoms with van der Waals surface area (Å²) in [5.41, 5.74) is 0.632. The Bertz CT molecular complexity index is 677. The first-order chi connectivity index (χ1) is 11.0. The Morgan fingerprint density at radius 3 is 2.67 bits per heavy atom. The van der Waals surface area contributed by atoms with E-state index >= 15 is 0 Å². The SMILES string of the molecule is Cc1cc(C(C)NC(=O)C2(n3cccn3)CCNCC2)c(C)s1.Cl. The first-order valence-corrected chi connectivity index (χ1v) is 8.93. The quantitative estimate of drug-likeness (QED) is 0.872. The number of aryl methyl sites for hydroxylation is 2. The number of amides is 1. The van der Waals surface area contributed by atoms with Crippen LogP contribution in [0.1, 0.15) is 41.1 Å². The van der Waals surface area contributed by atoms with Crippen LogP contribution in [0.3, 0.4) is 0 Å². The van der Waals surface area contributed by atoms with Gasteiger partial charge >= 0.3 is 0 Å². The summed E-state index contributed by atoms with van der Waals surface area (Å²) in [5.74, 6) is 0.0680. The topological polar surface area (TPSA) is 59.0 Å². The Hall–Kier alpha value is -1.37. The van der Waals surface area contributed by atoms with E-state index in [1.807, 2.05) is 16.9 Å². The summed E-state index contributed by atoms with van der Waals surface area (Å²) >= 11 is 1.78. The molecule has 24 heavy (non-hydrogen) atoms. The molecule has 0 spiro atoms. The predicted octanol–water partition coefficient (Wildman–Crippen LogP) is 2.94. The first kappa shape index (κ1) is 19.0. The van der Waals surface area contributed by atoms with Crippen LogP contribution in [0.5, 0.6) is 0 Å². The van der Waals surface area contributed by atoms with Gasteiger partial charge in [-0.1, -0.05) is 0 Å². The molecular weight excluding hydrogens is 344 g/mol. The van der Waals surface area contributed by atoms with Gasteiger partial charge in [0.1, 0.15) is 5.54 Å². The van der Waals surface area contributed by atoms with E-state index in [-0.39, 0.29) is 24.4 Å². The molecule has 132 valence electrons. The fourth-order valence-corrected chi connectivity index (χ4v) is 4.43. The van der Waals surface area contributed by atoms with Crippen LogP contribution in [0, 0.1) is 13.8 Å². The van der Waals surface area contributed by atoms with Crippen LogP contribution < -0.4 is 10.6 Å². The zero-order chi connectivity index (χ0) is 16.4. The Morgan fingerprint density at radius 1 is 1.42 bits per heavy atom. The standard InChI is InChI=1S/C17H24N4OS.ClH/c1-12-11-15(14(3)23-12)13(2)20-16(22)17(5-8-18-9-6-17)21-10-4-7-19-21;/h4,7,10-11,13,18H,5-6,8-9H2,1-3H3,(H,20,22);1H. The molecule has 1 fully saturated rings. The normalized spacial score (nSPS) is 17.8. The Labute approximate surface area is 153 Å². The highest BCUT2D eigenvalue weighted by Crippen LogP contribution is 2.30. The lowest BCUT2D eigenvalue weighted by Crippen LogP contribution is -2.55. The van der Waals surface area contributed by atoms with Crippen LogP contribution in [-0.4, -0.2) is 28.8 Å². The van der Waals surface area contributed by atoms with Gasteiger partial charge in [-0.15, -0.1) is 23.7 Å². The molecule has 0 aromatic carbocycles. The number of rotatable bonds is 4. The molecule has 2 aromatic heterocycles. The van der Waals surface area contributed by atoms with Gasteiger partial charge in [-0.3, -0.25) is 9.48 Å². The predicted molar refractivity (Wildman–Crippen MR) is 99.9 cm³/mol. The summed E-state index contributed by atoms with van der Waals surface area (Å²) < 4.78 is 1.83. The maximum absolute atomic E-state index is 13.1. The number of piperidine rings is 1. The minimum Gasteiger partial charge on any atom is -0.347 e. The molecule has 0 radical (unpaired) electrons. The van der Waals surface area contributed by atoms with E-state index in [9.17, 15) is 4.79 Å². The number of halogens is 1. The van der Waals surface area contributed by atoms with Crippen molar-refractivity contribution >= 4 is 29.7 Å². The summed E-state index contributed by atoms with van der Waals surface area (Å²) in [6, 6.07) is 4.07. The van der Waals surface area contributed by atoms with Crippen molar-refractivity contribution < 1.29 is 4.79 Å². The second-order valence-corrected chi connectivity index (χ2v) is 7.76. The van der Waals surface area contributed by atoms with Crippen LogP contribution >= 0.6 is 23.7 Å². The van der Waals surface area contributed by atoms with Crippen molar-refractivity contribution in [1.82, 2.24) is 20.4 Å². The highest BCUT2D eigenvalue weighted by molar-refractivity contribution is 7.12. The van der Waals surface area contributed by atoms with Gasteiger partial charge in [0.25, 0.3) is 0 Å². The van der Waals surface area contributed by atoms with E-state index in [0.717, 1.165) is 25.9 Å². The lowest BCUT2D eigenvalue weighted by Gasteiger charge is -2.37. The number of hydrogen-bond acceptors (Lipinski definition) is 4. The van der Waals surface area contributed by atoms with Crippen LogP contribution in [0.15, 0.2) is 24.5 Å². The summed E-state index contributed by atoms with van der Waals surface area (Å²) in [6.45, 7) is 7.94. The molecule has 1 aliphatic rings. The highest BCUT2D eigenvalue weighted by atomic mass is 35.5. The van der Waals surface area contributed by atoms with Gasteiger partial charge in [0, 0.05) is 22.1 Å². The zero-order valence-electron chi connectivity index (χ0n) is 14.3. The first-order valence-electron chi connectivity index (χ1n) is 8.12. The smallest absolute Gasteiger partial charge is 0.248 e. The van der Waals surface area contributed by atoms with Gasteiger partial charge in [0.2, 0.25) is 5.91 Å². The highest BCUT2D eigenvalue weighted by Gasteiger charge is 2.42. The maximum Gasteiger partial charge on any atom is 0.248 e. The summed E-state index contributed by atoms with van der Waals surface area (Å²) in [6.07, 6.45) is 5.16. The van der Waals surface area contributed by atoms with E-state index in [1.165, 1.54) is 15.3 Å². The molecule has 5 nitrogen and oxygen atoms in total. The number of hydrogen-bond donors (Lipinski definition) is 2. The van der Waals surface area contributed by atoms with Crippen molar-refractivity contribution in [1.29, 1.82) is 0 Å². The van der Waals surface area contributed by atoms with Crippen LogP contribution in [0.4, 0.5) is 0 Å². The third-order valence-corrected chi connectivity index (χ3v) is 5.67. The maximum atomic E-state index is 13.1. The summed E-state index contributed by atoms with van der Waals surface area (Å²) in [4.78, 5) is 15.7. The van der Waals surface area contributed by atoms with Crippen molar-refractivity contribution in [3.63, 3.8) is 0 Å². The fraction of sp³-hybridized carbons (Fsp3) is 0.529. The van der Waals surface area contributed by atoms with E-state index in [1.54, 1.807) is 17.5 Å². The van der Waals surface area contributed by atoms with Gasteiger partial charge in [0.15, 0.2) is 0 Å². The second-order valence-electron chi connectivity index (χ2n) is 6.30. The third-order valence-electron chi connectivity index (χ3n) is 4.69. The van der Waals surface area contributed by atoms with E-state index in [0.29, 0.717) is 0 Å². The molecule has 3 heterocycles. The molecule has 0 saturated carbocycles. The average molecular weight is 369 g/mol. The van der Waals surface area contributed by atoms with Gasteiger partial charge < -0.3 is 10.6 Å². The van der Waals surface area contributed by atoms with E-state index in [4.69, 9.17) is 0 Å². The molecule has 2 aromatic rings. The fourth-order valence-electron chi connectivity index (χ4n) is 3.41. The van der Waals surface area contributed by atoms with E-state index in [2.05, 4.69) is 42.6 Å². The van der Waals surface area contributed by atoms with Crippen LogP contribution in [-0.2, 0) is 10.3 Å². The molecular formula is C17H25ClN4OS. The summed E-state index contributed by atoms with van der Waals surface area (Å²) in [7, 11) is 0. The molecule has 1 aliphatic heterocycles. The lowest BCUT2D eigenvalue weighted by molar-refractivity contribution is -0.132. The Kier molecular flexibility index (Phi) is 6.06. The largest absolute Gasteiger partial charge is 0.347 e. The van der Waals surface area contributed by atoms with Gasteiger partial charge in [0.05, 0.1) is 6.04 Å².